The predicted molar refractivity (Wildman–Crippen MR) is 54.6 cm³/mol. The smallest absolute Gasteiger partial charge is 0.305 e. The Morgan fingerprint density at radius 2 is 2.31 bits per heavy atom. The second kappa shape index (κ2) is 6.16. The number of esters is 1. The number of rotatable bonds is 5. The van der Waals surface area contributed by atoms with Gasteiger partial charge in [0.2, 0.25) is 0 Å². The highest BCUT2D eigenvalue weighted by atomic mass is 79.9. The van der Waals surface area contributed by atoms with Crippen LogP contribution in [0.25, 0.3) is 0 Å². The lowest BCUT2D eigenvalue weighted by atomic mass is 9.99. The highest BCUT2D eigenvalue weighted by molar-refractivity contribution is 9.11. The average Bonchev–Trinajstić information content (AvgIpc) is 2.03. The summed E-state index contributed by atoms with van der Waals surface area (Å²) in [5, 5.41) is 9.63. The second-order valence-corrected chi connectivity index (χ2v) is 3.61. The summed E-state index contributed by atoms with van der Waals surface area (Å²) in [4.78, 5) is 12.3. The summed E-state index contributed by atoms with van der Waals surface area (Å²) in [7, 11) is 1.36. The largest absolute Gasteiger partial charge is 0.469 e. The molecule has 1 N–H and O–H groups in total. The van der Waals surface area contributed by atoms with Crippen LogP contribution in [0.15, 0.2) is 11.1 Å². The molecule has 0 aromatic rings. The van der Waals surface area contributed by atoms with Gasteiger partial charge in [0.05, 0.1) is 12.7 Å². The molecule has 0 heterocycles. The van der Waals surface area contributed by atoms with Gasteiger partial charge in [0, 0.05) is 6.42 Å². The fourth-order valence-electron chi connectivity index (χ4n) is 0.912. The van der Waals surface area contributed by atoms with Gasteiger partial charge >= 0.3 is 5.97 Å². The molecular weight excluding hydrogens is 236 g/mol. The summed E-state index contributed by atoms with van der Waals surface area (Å²) < 4.78 is 4.48. The summed E-state index contributed by atoms with van der Waals surface area (Å²) in [6.45, 7) is 1.70. The molecule has 0 radical (unpaired) electrons. The number of halogens is 1. The fourth-order valence-corrected chi connectivity index (χ4v) is 1.48. The van der Waals surface area contributed by atoms with Crippen molar-refractivity contribution in [3.05, 3.63) is 11.1 Å². The van der Waals surface area contributed by atoms with Gasteiger partial charge in [0.25, 0.3) is 0 Å². The van der Waals surface area contributed by atoms with E-state index < -0.39 is 5.60 Å². The molecular formula is C9H15BrO3. The van der Waals surface area contributed by atoms with Crippen molar-refractivity contribution in [2.75, 3.05) is 7.11 Å². The van der Waals surface area contributed by atoms with Gasteiger partial charge in [0.15, 0.2) is 0 Å². The molecule has 1 atom stereocenters. The summed E-state index contributed by atoms with van der Waals surface area (Å²) >= 11 is 3.09. The van der Waals surface area contributed by atoms with E-state index in [4.69, 9.17) is 0 Å². The second-order valence-electron chi connectivity index (χ2n) is 3.08. The van der Waals surface area contributed by atoms with Crippen LogP contribution in [-0.2, 0) is 9.53 Å². The third-order valence-corrected chi connectivity index (χ3v) is 1.98. The van der Waals surface area contributed by atoms with Gasteiger partial charge in [-0.15, -0.1) is 0 Å². The van der Waals surface area contributed by atoms with Crippen LogP contribution in [0, 0.1) is 0 Å². The molecule has 0 saturated carbocycles. The van der Waals surface area contributed by atoms with E-state index in [0.717, 1.165) is 0 Å². The first-order chi connectivity index (χ1) is 6.02. The van der Waals surface area contributed by atoms with Crippen LogP contribution in [0.1, 0.15) is 26.2 Å². The summed E-state index contributed by atoms with van der Waals surface area (Å²) in [6, 6.07) is 0. The third-order valence-electron chi connectivity index (χ3n) is 1.71. The maximum absolute atomic E-state index is 10.7. The molecule has 0 aromatic carbocycles. The van der Waals surface area contributed by atoms with E-state index >= 15 is 0 Å². The van der Waals surface area contributed by atoms with Gasteiger partial charge in [-0.25, -0.2) is 0 Å². The standard InChI is InChI=1S/C9H15BrO3/c1-9(12,6-7-10)5-3-4-8(11)13-2/h6-7,12H,3-5H2,1-2H3/b7-6+. The molecule has 0 bridgehead atoms. The summed E-state index contributed by atoms with van der Waals surface area (Å²) in [6.07, 6.45) is 3.16. The molecule has 0 aliphatic rings. The molecule has 0 aliphatic heterocycles. The van der Waals surface area contributed by atoms with Crippen LogP contribution >= 0.6 is 15.9 Å². The van der Waals surface area contributed by atoms with Crippen molar-refractivity contribution in [3.63, 3.8) is 0 Å². The molecule has 13 heavy (non-hydrogen) atoms. The monoisotopic (exact) mass is 250 g/mol. The van der Waals surface area contributed by atoms with E-state index in [0.29, 0.717) is 19.3 Å². The normalized spacial score (nSPS) is 15.7. The molecule has 0 spiro atoms. The first-order valence-electron chi connectivity index (χ1n) is 4.09. The number of ether oxygens (including phenoxy) is 1. The van der Waals surface area contributed by atoms with E-state index in [9.17, 15) is 9.90 Å². The molecule has 76 valence electrons. The number of hydrogen-bond donors (Lipinski definition) is 1. The first-order valence-corrected chi connectivity index (χ1v) is 5.00. The van der Waals surface area contributed by atoms with Gasteiger partial charge in [0.1, 0.15) is 0 Å². The van der Waals surface area contributed by atoms with E-state index in [2.05, 4.69) is 20.7 Å². The zero-order valence-corrected chi connectivity index (χ0v) is 9.50. The van der Waals surface area contributed by atoms with E-state index in [-0.39, 0.29) is 5.97 Å². The Balaban J connectivity index is 3.69. The molecule has 3 nitrogen and oxygen atoms in total. The first kappa shape index (κ1) is 12.7. The quantitative estimate of drug-likeness (QED) is 0.760. The Bertz CT molecular complexity index is 187. The number of aliphatic hydroxyl groups is 1. The molecule has 0 amide bonds. The van der Waals surface area contributed by atoms with Crippen LogP contribution < -0.4 is 0 Å². The topological polar surface area (TPSA) is 46.5 Å². The van der Waals surface area contributed by atoms with Crippen molar-refractivity contribution < 1.29 is 14.6 Å². The van der Waals surface area contributed by atoms with Crippen molar-refractivity contribution >= 4 is 21.9 Å². The third kappa shape index (κ3) is 6.78. The highest BCUT2D eigenvalue weighted by Gasteiger charge is 2.15. The van der Waals surface area contributed by atoms with Crippen molar-refractivity contribution in [1.29, 1.82) is 0 Å². The van der Waals surface area contributed by atoms with Crippen molar-refractivity contribution in [2.45, 2.75) is 31.8 Å². The number of hydrogen-bond acceptors (Lipinski definition) is 3. The summed E-state index contributed by atoms with van der Waals surface area (Å²) in [5.74, 6) is -0.237. The van der Waals surface area contributed by atoms with Crippen LogP contribution in [0.5, 0.6) is 0 Å². The zero-order valence-electron chi connectivity index (χ0n) is 7.92. The van der Waals surface area contributed by atoms with Gasteiger partial charge in [-0.2, -0.15) is 0 Å². The number of carbonyl (C=O) groups excluding carboxylic acids is 1. The van der Waals surface area contributed by atoms with Gasteiger partial charge < -0.3 is 9.84 Å². The number of carbonyl (C=O) groups is 1. The average molecular weight is 251 g/mol. The Labute approximate surface area is 86.9 Å². The Morgan fingerprint density at radius 1 is 1.69 bits per heavy atom. The van der Waals surface area contributed by atoms with Gasteiger partial charge in [-0.1, -0.05) is 15.9 Å². The van der Waals surface area contributed by atoms with Crippen LogP contribution in [-0.4, -0.2) is 23.8 Å². The minimum absolute atomic E-state index is 0.237. The molecule has 0 rings (SSSR count). The summed E-state index contributed by atoms with van der Waals surface area (Å²) in [5.41, 5.74) is -0.850. The minimum atomic E-state index is -0.850. The van der Waals surface area contributed by atoms with Gasteiger partial charge in [-0.3, -0.25) is 4.79 Å². The molecule has 1 unspecified atom stereocenters. The molecule has 4 heteroatoms. The minimum Gasteiger partial charge on any atom is -0.469 e. The fraction of sp³-hybridized carbons (Fsp3) is 0.667. The zero-order chi connectivity index (χ0) is 10.3. The molecule has 0 aliphatic carbocycles. The van der Waals surface area contributed by atoms with Crippen LogP contribution in [0.2, 0.25) is 0 Å². The van der Waals surface area contributed by atoms with E-state index in [1.807, 2.05) is 0 Å². The predicted octanol–water partition coefficient (Wildman–Crippen LogP) is 1.99. The van der Waals surface area contributed by atoms with Crippen LogP contribution in [0.4, 0.5) is 0 Å². The lowest BCUT2D eigenvalue weighted by molar-refractivity contribution is -0.140. The lowest BCUT2D eigenvalue weighted by Gasteiger charge is -2.17. The Hall–Kier alpha value is -0.350. The van der Waals surface area contributed by atoms with Crippen LogP contribution in [0.3, 0.4) is 0 Å². The molecule has 0 fully saturated rings. The van der Waals surface area contributed by atoms with Crippen molar-refractivity contribution in [3.8, 4) is 0 Å². The van der Waals surface area contributed by atoms with Crippen molar-refractivity contribution in [1.82, 2.24) is 0 Å². The molecule has 0 aromatic heterocycles. The number of methoxy groups -OCH3 is 1. The Kier molecular flexibility index (Phi) is 5.99. The van der Waals surface area contributed by atoms with E-state index in [1.165, 1.54) is 7.11 Å². The van der Waals surface area contributed by atoms with E-state index in [1.54, 1.807) is 18.0 Å². The maximum Gasteiger partial charge on any atom is 0.305 e. The van der Waals surface area contributed by atoms with Crippen molar-refractivity contribution in [2.24, 2.45) is 0 Å². The Morgan fingerprint density at radius 3 is 2.77 bits per heavy atom. The molecule has 0 saturated heterocycles. The highest BCUT2D eigenvalue weighted by Crippen LogP contribution is 2.15. The maximum atomic E-state index is 10.7. The SMILES string of the molecule is COC(=O)CCCC(C)(O)/C=C/Br. The van der Waals surface area contributed by atoms with Gasteiger partial charge in [-0.05, 0) is 30.8 Å². The lowest BCUT2D eigenvalue weighted by Crippen LogP contribution is -2.20.